The van der Waals surface area contributed by atoms with Gasteiger partial charge in [0.05, 0.1) is 12.0 Å². The minimum Gasteiger partial charge on any atom is -0.457 e. The normalized spacial score (nSPS) is 28.6. The van der Waals surface area contributed by atoms with Crippen LogP contribution in [0.4, 0.5) is 4.79 Å². The molecule has 3 aliphatic rings. The molecule has 1 saturated carbocycles. The highest BCUT2D eigenvalue weighted by atomic mass is 16.7. The molecule has 0 radical (unpaired) electrons. The summed E-state index contributed by atoms with van der Waals surface area (Å²) in [6.45, 7) is 8.62. The fourth-order valence-electron chi connectivity index (χ4n) is 4.76. The van der Waals surface area contributed by atoms with Crippen LogP contribution >= 0.6 is 0 Å². The first-order chi connectivity index (χ1) is 14.0. The van der Waals surface area contributed by atoms with Gasteiger partial charge in [0.2, 0.25) is 5.91 Å². The van der Waals surface area contributed by atoms with E-state index >= 15 is 0 Å². The van der Waals surface area contributed by atoms with Crippen LogP contribution in [0.1, 0.15) is 26.2 Å². The lowest BCUT2D eigenvalue weighted by Gasteiger charge is -2.48. The molecule has 0 aromatic carbocycles. The highest BCUT2D eigenvalue weighted by Crippen LogP contribution is 2.54. The van der Waals surface area contributed by atoms with E-state index in [1.807, 2.05) is 0 Å². The highest BCUT2D eigenvalue weighted by molar-refractivity contribution is 6.01. The van der Waals surface area contributed by atoms with Crippen molar-refractivity contribution in [3.8, 4) is 0 Å². The molecule has 2 aliphatic heterocycles. The molecule has 0 bridgehead atoms. The summed E-state index contributed by atoms with van der Waals surface area (Å²) < 4.78 is 15.3. The smallest absolute Gasteiger partial charge is 0.457 e. The highest BCUT2D eigenvalue weighted by Gasteiger charge is 2.63. The van der Waals surface area contributed by atoms with Gasteiger partial charge >= 0.3 is 12.1 Å². The Hall–Kier alpha value is -2.61. The minimum absolute atomic E-state index is 0.0194. The number of ether oxygens (including phenoxy) is 3. The molecule has 1 aliphatic carbocycles. The summed E-state index contributed by atoms with van der Waals surface area (Å²) in [5, 5.41) is 9.85. The number of hydrogen-bond acceptors (Lipinski definition) is 7. The summed E-state index contributed by atoms with van der Waals surface area (Å²) in [6.07, 6.45) is 3.74. The summed E-state index contributed by atoms with van der Waals surface area (Å²) in [4.78, 5) is 38.9. The maximum absolute atomic E-state index is 13.0. The van der Waals surface area contributed by atoms with Gasteiger partial charge in [-0.2, -0.15) is 0 Å². The van der Waals surface area contributed by atoms with Gasteiger partial charge in [-0.3, -0.25) is 4.79 Å². The molecule has 29 heavy (non-hydrogen) atoms. The summed E-state index contributed by atoms with van der Waals surface area (Å²) >= 11 is 0. The molecular formula is C21H27NO7. The molecule has 8 heteroatoms. The molecule has 2 heterocycles. The minimum atomic E-state index is -0.864. The Bertz CT molecular complexity index is 743. The number of carbonyl (C=O) groups is 3. The van der Waals surface area contributed by atoms with E-state index in [9.17, 15) is 19.5 Å². The third-order valence-corrected chi connectivity index (χ3v) is 5.88. The van der Waals surface area contributed by atoms with Crippen LogP contribution < -0.4 is 0 Å². The van der Waals surface area contributed by atoms with Crippen molar-refractivity contribution in [2.45, 2.75) is 38.3 Å². The Morgan fingerprint density at radius 2 is 1.93 bits per heavy atom. The molecule has 8 nitrogen and oxygen atoms in total. The average Bonchev–Trinajstić information content (AvgIpc) is 3.01. The van der Waals surface area contributed by atoms with E-state index in [2.05, 4.69) is 13.2 Å². The third-order valence-electron chi connectivity index (χ3n) is 5.88. The second-order valence-electron chi connectivity index (χ2n) is 7.51. The number of rotatable bonds is 8. The fraction of sp³-hybridized carbons (Fsp3) is 0.571. The van der Waals surface area contributed by atoms with Crippen molar-refractivity contribution in [1.82, 2.24) is 4.90 Å². The zero-order valence-electron chi connectivity index (χ0n) is 16.5. The average molecular weight is 405 g/mol. The van der Waals surface area contributed by atoms with Crippen molar-refractivity contribution in [3.05, 3.63) is 36.6 Å². The van der Waals surface area contributed by atoms with E-state index in [0.717, 1.165) is 24.8 Å². The molecule has 0 spiro atoms. The lowest BCUT2D eigenvalue weighted by Crippen LogP contribution is -2.64. The molecule has 1 saturated heterocycles. The predicted molar refractivity (Wildman–Crippen MR) is 102 cm³/mol. The third kappa shape index (κ3) is 3.69. The van der Waals surface area contributed by atoms with Crippen LogP contribution in [0, 0.1) is 17.8 Å². The largest absolute Gasteiger partial charge is 0.508 e. The van der Waals surface area contributed by atoms with Gasteiger partial charge in [-0.15, -0.1) is 0 Å². The topological polar surface area (TPSA) is 102 Å². The summed E-state index contributed by atoms with van der Waals surface area (Å²) in [6, 6.07) is -0.291. The maximum atomic E-state index is 13.0. The van der Waals surface area contributed by atoms with Crippen LogP contribution in [-0.4, -0.2) is 60.0 Å². The Balaban J connectivity index is 1.84. The zero-order chi connectivity index (χ0) is 21.1. The van der Waals surface area contributed by atoms with Crippen LogP contribution in [-0.2, 0) is 23.8 Å². The maximum Gasteiger partial charge on any atom is 0.508 e. The molecule has 0 aromatic heterocycles. The SMILES string of the molecule is C=CCOC(=O)O[C@H](C)[C@H]1C(=O)N2C(C(=O)OCC=C)=C3[C@@H](CO)CCC[C@@H]3[C@H]12. The van der Waals surface area contributed by atoms with Gasteiger partial charge in [0, 0.05) is 18.4 Å². The Kier molecular flexibility index (Phi) is 6.42. The van der Waals surface area contributed by atoms with Gasteiger partial charge in [0.15, 0.2) is 0 Å². The van der Waals surface area contributed by atoms with Crippen molar-refractivity contribution in [3.63, 3.8) is 0 Å². The first-order valence-electron chi connectivity index (χ1n) is 9.86. The molecule has 2 fully saturated rings. The molecule has 3 rings (SSSR count). The number of fused-ring (bicyclic) bond motifs is 3. The van der Waals surface area contributed by atoms with Gasteiger partial charge < -0.3 is 24.2 Å². The standard InChI is InChI=1S/C21H27NO7/c1-4-9-27-20(25)18-16-13(11-23)7-6-8-14(16)17-15(19(24)22(17)18)12(3)29-21(26)28-10-5-2/h4-5,12-15,17,23H,1-2,6-11H2,3H3/t12-,13-,14+,15-,17-/m1/s1. The number of amides is 1. The monoisotopic (exact) mass is 405 g/mol. The fourth-order valence-corrected chi connectivity index (χ4v) is 4.76. The van der Waals surface area contributed by atoms with Crippen LogP contribution in [0.25, 0.3) is 0 Å². The predicted octanol–water partition coefficient (Wildman–Crippen LogP) is 1.95. The van der Waals surface area contributed by atoms with E-state index < -0.39 is 24.1 Å². The number of esters is 1. The van der Waals surface area contributed by atoms with Crippen LogP contribution in [0.2, 0.25) is 0 Å². The molecule has 158 valence electrons. The van der Waals surface area contributed by atoms with E-state index in [4.69, 9.17) is 14.2 Å². The lowest BCUT2D eigenvalue weighted by atomic mass is 9.69. The number of β-lactam (4-membered cyclic amide) rings is 1. The van der Waals surface area contributed by atoms with E-state index in [1.54, 1.807) is 6.92 Å². The second-order valence-corrected chi connectivity index (χ2v) is 7.51. The summed E-state index contributed by atoms with van der Waals surface area (Å²) in [5.41, 5.74) is 1.03. The molecule has 0 unspecified atom stereocenters. The zero-order valence-corrected chi connectivity index (χ0v) is 16.5. The van der Waals surface area contributed by atoms with Gasteiger partial charge in [-0.1, -0.05) is 31.7 Å². The van der Waals surface area contributed by atoms with Gasteiger partial charge in [-0.25, -0.2) is 9.59 Å². The number of hydrogen-bond donors (Lipinski definition) is 1. The molecule has 1 amide bonds. The lowest BCUT2D eigenvalue weighted by molar-refractivity contribution is -0.165. The van der Waals surface area contributed by atoms with E-state index in [1.165, 1.54) is 17.1 Å². The Labute approximate surface area is 169 Å². The van der Waals surface area contributed by atoms with Gasteiger partial charge in [-0.05, 0) is 25.3 Å². The van der Waals surface area contributed by atoms with Crippen molar-refractivity contribution in [1.29, 1.82) is 0 Å². The van der Waals surface area contributed by atoms with Crippen LogP contribution in [0.5, 0.6) is 0 Å². The van der Waals surface area contributed by atoms with Crippen molar-refractivity contribution < 1.29 is 33.7 Å². The first-order valence-corrected chi connectivity index (χ1v) is 9.86. The molecule has 5 atom stereocenters. The van der Waals surface area contributed by atoms with Crippen molar-refractivity contribution >= 4 is 18.0 Å². The second kappa shape index (κ2) is 8.82. The van der Waals surface area contributed by atoms with Crippen molar-refractivity contribution in [2.24, 2.45) is 17.8 Å². The number of aliphatic hydroxyl groups is 1. The Morgan fingerprint density at radius 1 is 1.24 bits per heavy atom. The van der Waals surface area contributed by atoms with Crippen LogP contribution in [0.15, 0.2) is 36.6 Å². The van der Waals surface area contributed by atoms with Crippen molar-refractivity contribution in [2.75, 3.05) is 19.8 Å². The summed E-state index contributed by atoms with van der Waals surface area (Å²) in [7, 11) is 0. The van der Waals surface area contributed by atoms with E-state index in [-0.39, 0.29) is 49.3 Å². The molecular weight excluding hydrogens is 378 g/mol. The molecule has 0 aromatic rings. The molecule has 1 N–H and O–H groups in total. The number of carbonyl (C=O) groups excluding carboxylic acids is 3. The summed E-state index contributed by atoms with van der Waals surface area (Å²) in [5.74, 6) is -1.70. The van der Waals surface area contributed by atoms with Crippen LogP contribution in [0.3, 0.4) is 0 Å². The Morgan fingerprint density at radius 3 is 2.59 bits per heavy atom. The quantitative estimate of drug-likeness (QED) is 0.374. The van der Waals surface area contributed by atoms with Gasteiger partial charge in [0.1, 0.15) is 25.0 Å². The van der Waals surface area contributed by atoms with Gasteiger partial charge in [0.25, 0.3) is 0 Å². The number of aliphatic hydroxyl groups excluding tert-OH is 1. The number of nitrogens with zero attached hydrogens (tertiary/aromatic N) is 1. The van der Waals surface area contributed by atoms with E-state index in [0.29, 0.717) is 0 Å². The first kappa shape index (κ1) is 21.1.